The molecular weight excluding hydrogens is 288 g/mol. The number of carbonyl (C=O) groups excluding carboxylic acids is 1. The summed E-state index contributed by atoms with van der Waals surface area (Å²) in [6.45, 7) is 4.42. The number of hydrogen-bond acceptors (Lipinski definition) is 3. The zero-order valence-corrected chi connectivity index (χ0v) is 14.2. The molecule has 3 nitrogen and oxygen atoms in total. The minimum Gasteiger partial charge on any atom is -0.481 e. The fourth-order valence-electron chi connectivity index (χ4n) is 6.64. The highest BCUT2D eigenvalue weighted by atomic mass is 16.5. The Bertz CT molecular complexity index is 600. The van der Waals surface area contributed by atoms with Gasteiger partial charge < -0.3 is 10.2 Å². The van der Waals surface area contributed by atoms with Crippen LogP contribution in [0.25, 0.3) is 0 Å². The van der Waals surface area contributed by atoms with Gasteiger partial charge in [-0.1, -0.05) is 26.0 Å². The van der Waals surface area contributed by atoms with Gasteiger partial charge in [-0.05, 0) is 62.2 Å². The number of aliphatic hydroxyl groups is 2. The first-order chi connectivity index (χ1) is 10.9. The van der Waals surface area contributed by atoms with Crippen LogP contribution in [0.5, 0.6) is 0 Å². The van der Waals surface area contributed by atoms with E-state index in [1.54, 1.807) is 0 Å². The Balaban J connectivity index is 1.79. The summed E-state index contributed by atoms with van der Waals surface area (Å²) in [5.74, 6) is 1.70. The van der Waals surface area contributed by atoms with E-state index >= 15 is 0 Å². The van der Waals surface area contributed by atoms with E-state index in [9.17, 15) is 15.0 Å². The Morgan fingerprint density at radius 3 is 2.61 bits per heavy atom. The number of hydrogen-bond donors (Lipinski definition) is 2. The van der Waals surface area contributed by atoms with Crippen LogP contribution in [0.15, 0.2) is 23.7 Å². The lowest BCUT2D eigenvalue weighted by Crippen LogP contribution is -2.52. The molecule has 4 aliphatic carbocycles. The van der Waals surface area contributed by atoms with Crippen LogP contribution in [0.4, 0.5) is 0 Å². The molecule has 0 aromatic carbocycles. The maximum Gasteiger partial charge on any atom is 0.273 e. The quantitative estimate of drug-likeness (QED) is 0.503. The van der Waals surface area contributed by atoms with Gasteiger partial charge in [0.1, 0.15) is 5.78 Å². The van der Waals surface area contributed by atoms with Gasteiger partial charge in [0.15, 0.2) is 0 Å². The van der Waals surface area contributed by atoms with Crippen molar-refractivity contribution in [1.82, 2.24) is 0 Å². The third kappa shape index (κ3) is 1.85. The molecule has 23 heavy (non-hydrogen) atoms. The van der Waals surface area contributed by atoms with E-state index in [0.29, 0.717) is 29.5 Å². The molecule has 0 heterocycles. The van der Waals surface area contributed by atoms with Gasteiger partial charge in [0.2, 0.25) is 0 Å². The molecule has 0 unspecified atom stereocenters. The van der Waals surface area contributed by atoms with Crippen LogP contribution in [0, 0.1) is 34.5 Å². The molecular formula is C20H28O3. The zero-order chi connectivity index (χ0) is 16.4. The number of allylic oxidation sites excluding steroid dienone is 3. The molecule has 0 radical (unpaired) electrons. The Morgan fingerprint density at radius 2 is 1.87 bits per heavy atom. The predicted octanol–water partition coefficient (Wildman–Crippen LogP) is 4.70. The summed E-state index contributed by atoms with van der Waals surface area (Å²) in [7, 11) is 0. The van der Waals surface area contributed by atoms with Crippen molar-refractivity contribution in [2.24, 2.45) is 34.5 Å². The molecule has 0 aliphatic heterocycles. The highest BCUT2D eigenvalue weighted by Gasteiger charge is 2.60. The Morgan fingerprint density at radius 1 is 1.09 bits per heavy atom. The van der Waals surface area contributed by atoms with Crippen LogP contribution >= 0.6 is 0 Å². The Kier molecular flexibility index (Phi) is 3.24. The Labute approximate surface area is 138 Å². The second-order valence-electron chi connectivity index (χ2n) is 8.68. The second-order valence-corrected chi connectivity index (χ2v) is 8.68. The van der Waals surface area contributed by atoms with Crippen LogP contribution in [0.3, 0.4) is 0 Å². The van der Waals surface area contributed by atoms with Crippen LogP contribution in [0.1, 0.15) is 58.8 Å². The molecule has 0 aromatic rings. The molecule has 0 spiro atoms. The summed E-state index contributed by atoms with van der Waals surface area (Å²) >= 11 is 0. The van der Waals surface area contributed by atoms with Crippen molar-refractivity contribution >= 4 is 5.78 Å². The van der Waals surface area contributed by atoms with Gasteiger partial charge >= 0.3 is 0 Å². The average molecular weight is 316 g/mol. The molecule has 3 heteroatoms. The van der Waals surface area contributed by atoms with E-state index in [2.05, 4.69) is 26.0 Å². The van der Waals surface area contributed by atoms with Crippen molar-refractivity contribution in [3.63, 3.8) is 0 Å². The van der Waals surface area contributed by atoms with Gasteiger partial charge in [-0.15, -0.1) is 0 Å². The van der Waals surface area contributed by atoms with Crippen molar-refractivity contribution in [3.05, 3.63) is 23.7 Å². The maximum atomic E-state index is 12.4. The molecule has 0 amide bonds. The van der Waals surface area contributed by atoms with Gasteiger partial charge in [0.05, 0.1) is 0 Å². The van der Waals surface area contributed by atoms with Crippen molar-refractivity contribution in [1.29, 1.82) is 0 Å². The molecule has 0 saturated heterocycles. The van der Waals surface area contributed by atoms with Crippen molar-refractivity contribution in [2.75, 3.05) is 0 Å². The molecule has 0 aromatic heterocycles. The predicted molar refractivity (Wildman–Crippen MR) is 88.9 cm³/mol. The van der Waals surface area contributed by atoms with E-state index in [1.165, 1.54) is 0 Å². The first-order valence-electron chi connectivity index (χ1n) is 9.22. The molecule has 3 fully saturated rings. The topological polar surface area (TPSA) is 57.5 Å². The summed E-state index contributed by atoms with van der Waals surface area (Å²) in [6, 6.07) is 0. The zero-order valence-electron chi connectivity index (χ0n) is 14.2. The highest BCUT2D eigenvalue weighted by molar-refractivity contribution is 5.87. The maximum absolute atomic E-state index is 12.4. The number of Topliss-reactive ketones (excluding diaryl/α,β-unsaturated/α-hetero) is 1. The SMILES string of the molecule is C[C@]12C(=C(O)O)CCC[C@H]1C=C[C@@H]1[C@@H]2CC[C@]2(C)C(=O)CC[C@@H]12. The first-order valence-corrected chi connectivity index (χ1v) is 9.22. The molecule has 4 aliphatic rings. The van der Waals surface area contributed by atoms with Gasteiger partial charge in [0.25, 0.3) is 5.95 Å². The number of fused-ring (bicyclic) bond motifs is 5. The van der Waals surface area contributed by atoms with Gasteiger partial charge in [-0.2, -0.15) is 0 Å². The lowest BCUT2D eigenvalue weighted by Gasteiger charge is -2.57. The Hall–Kier alpha value is -1.25. The normalized spacial score (nSPS) is 48.6. The first kappa shape index (κ1) is 15.3. The standard InChI is InChI=1S/C20H28O3/c1-19-11-10-15-13(14(19)8-9-17(19)21)7-6-12-4-3-5-16(18(22)23)20(12,15)2/h6-7,12-15,22-23H,3-5,8-11H2,1-2H3/t12-,13-,14-,15-,19-,20-/m0/s1. The molecule has 3 saturated carbocycles. The van der Waals surface area contributed by atoms with Crippen LogP contribution in [-0.2, 0) is 4.79 Å². The summed E-state index contributed by atoms with van der Waals surface area (Å²) in [5.41, 5.74) is 0.568. The largest absolute Gasteiger partial charge is 0.481 e. The number of aliphatic hydroxyl groups excluding tert-OH is 1. The number of ketones is 1. The van der Waals surface area contributed by atoms with Crippen LogP contribution < -0.4 is 0 Å². The van der Waals surface area contributed by atoms with Crippen molar-refractivity contribution < 1.29 is 15.0 Å². The third-order valence-corrected chi connectivity index (χ3v) is 8.01. The van der Waals surface area contributed by atoms with Crippen LogP contribution in [0.2, 0.25) is 0 Å². The summed E-state index contributed by atoms with van der Waals surface area (Å²) in [6.07, 6.45) is 11.4. The molecule has 2 N–H and O–H groups in total. The summed E-state index contributed by atoms with van der Waals surface area (Å²) in [5, 5.41) is 19.8. The van der Waals surface area contributed by atoms with E-state index in [-0.39, 0.29) is 10.8 Å². The third-order valence-electron chi connectivity index (χ3n) is 8.01. The van der Waals surface area contributed by atoms with E-state index in [0.717, 1.165) is 50.5 Å². The summed E-state index contributed by atoms with van der Waals surface area (Å²) < 4.78 is 0. The fourth-order valence-corrected chi connectivity index (χ4v) is 6.64. The molecule has 4 rings (SSSR count). The lowest BCUT2D eigenvalue weighted by atomic mass is 9.46. The monoisotopic (exact) mass is 316 g/mol. The van der Waals surface area contributed by atoms with E-state index in [4.69, 9.17) is 0 Å². The van der Waals surface area contributed by atoms with E-state index < -0.39 is 5.95 Å². The highest BCUT2D eigenvalue weighted by Crippen LogP contribution is 2.64. The minimum atomic E-state index is -0.443. The summed E-state index contributed by atoms with van der Waals surface area (Å²) in [4.78, 5) is 12.4. The number of rotatable bonds is 0. The lowest BCUT2D eigenvalue weighted by molar-refractivity contribution is -0.131. The van der Waals surface area contributed by atoms with Gasteiger partial charge in [-0.3, -0.25) is 4.79 Å². The molecule has 0 bridgehead atoms. The average Bonchev–Trinajstić information content (AvgIpc) is 2.81. The second kappa shape index (κ2) is 4.87. The minimum absolute atomic E-state index is 0.144. The van der Waals surface area contributed by atoms with Crippen molar-refractivity contribution in [2.45, 2.75) is 58.8 Å². The fraction of sp³-hybridized carbons (Fsp3) is 0.750. The van der Waals surface area contributed by atoms with Crippen molar-refractivity contribution in [3.8, 4) is 0 Å². The van der Waals surface area contributed by atoms with E-state index in [1.807, 2.05) is 0 Å². The molecule has 6 atom stereocenters. The van der Waals surface area contributed by atoms with Crippen LogP contribution in [-0.4, -0.2) is 16.0 Å². The number of carbonyl (C=O) groups is 1. The molecule has 126 valence electrons. The van der Waals surface area contributed by atoms with Gasteiger partial charge in [-0.25, -0.2) is 0 Å². The smallest absolute Gasteiger partial charge is 0.273 e. The van der Waals surface area contributed by atoms with Gasteiger partial charge in [0, 0.05) is 22.8 Å².